The number of aliphatic hydroxyl groups excluding tert-OH is 1. The van der Waals surface area contributed by atoms with Crippen molar-refractivity contribution in [1.29, 1.82) is 0 Å². The predicted octanol–water partition coefficient (Wildman–Crippen LogP) is -1.49. The minimum absolute atomic E-state index is 0.0267. The second-order valence-corrected chi connectivity index (χ2v) is 4.87. The van der Waals surface area contributed by atoms with E-state index in [1.54, 1.807) is 0 Å². The van der Waals surface area contributed by atoms with E-state index >= 15 is 0 Å². The maximum atomic E-state index is 11.3. The van der Waals surface area contributed by atoms with Crippen molar-refractivity contribution in [1.82, 2.24) is 5.06 Å². The van der Waals surface area contributed by atoms with Gasteiger partial charge in [0.15, 0.2) is 0 Å². The molecule has 1 heterocycles. The number of carboxylic acid groups (broad SMARTS) is 1. The summed E-state index contributed by atoms with van der Waals surface area (Å²) in [5.41, 5.74) is 5.08. The van der Waals surface area contributed by atoms with E-state index in [0.717, 1.165) is 5.06 Å². The number of phosphoric acid groups is 1. The summed E-state index contributed by atoms with van der Waals surface area (Å²) in [6, 6.07) is -1.17. The van der Waals surface area contributed by atoms with Gasteiger partial charge in [0.1, 0.15) is 6.04 Å². The van der Waals surface area contributed by atoms with Crippen LogP contribution in [-0.2, 0) is 18.5 Å². The first-order chi connectivity index (χ1) is 7.85. The zero-order chi connectivity index (χ0) is 13.1. The van der Waals surface area contributed by atoms with Gasteiger partial charge >= 0.3 is 13.8 Å². The fourth-order valence-electron chi connectivity index (χ4n) is 1.42. The van der Waals surface area contributed by atoms with Crippen LogP contribution in [-0.4, -0.2) is 58.0 Å². The van der Waals surface area contributed by atoms with Gasteiger partial charge in [-0.25, -0.2) is 4.57 Å². The number of carbonyl (C=O) groups is 1. The van der Waals surface area contributed by atoms with Crippen molar-refractivity contribution >= 4 is 13.8 Å². The summed E-state index contributed by atoms with van der Waals surface area (Å²) in [5, 5.41) is 18.8. The zero-order valence-electron chi connectivity index (χ0n) is 8.93. The summed E-state index contributed by atoms with van der Waals surface area (Å²) in [6.45, 7) is -0.339. The zero-order valence-corrected chi connectivity index (χ0v) is 9.82. The molecule has 0 bridgehead atoms. The summed E-state index contributed by atoms with van der Waals surface area (Å²) < 4.78 is 20.4. The Bertz CT molecular complexity index is 325. The Kier molecular flexibility index (Phi) is 5.02. The molecular formula is C7H15N2O7P. The maximum absolute atomic E-state index is 11.3. The van der Waals surface area contributed by atoms with Crippen LogP contribution in [0.2, 0.25) is 0 Å². The number of rotatable bonds is 6. The highest BCUT2D eigenvalue weighted by Crippen LogP contribution is 2.45. The lowest BCUT2D eigenvalue weighted by Gasteiger charge is -2.22. The predicted molar refractivity (Wildman–Crippen MR) is 54.7 cm³/mol. The molecule has 0 aliphatic carbocycles. The number of carboxylic acids is 1. The van der Waals surface area contributed by atoms with Crippen LogP contribution < -0.4 is 5.73 Å². The Morgan fingerprint density at radius 3 is 2.76 bits per heavy atom. The van der Waals surface area contributed by atoms with Crippen LogP contribution in [0.3, 0.4) is 0 Å². The molecular weight excluding hydrogens is 255 g/mol. The molecule has 1 rings (SSSR count). The lowest BCUT2D eigenvalue weighted by atomic mass is 10.2. The van der Waals surface area contributed by atoms with E-state index in [1.165, 1.54) is 0 Å². The number of nitrogens with zero attached hydrogens (tertiary/aromatic N) is 1. The summed E-state index contributed by atoms with van der Waals surface area (Å²) in [7, 11) is -4.39. The number of hydroxylamine groups is 2. The molecule has 0 spiro atoms. The van der Waals surface area contributed by atoms with Gasteiger partial charge in [-0.3, -0.25) is 9.32 Å². The second kappa shape index (κ2) is 5.87. The molecule has 0 aromatic heterocycles. The third-order valence-corrected chi connectivity index (χ3v) is 3.02. The number of phosphoric ester groups is 1. The van der Waals surface area contributed by atoms with E-state index in [4.69, 9.17) is 10.8 Å². The summed E-state index contributed by atoms with van der Waals surface area (Å²) >= 11 is 0. The van der Waals surface area contributed by atoms with Gasteiger partial charge in [0, 0.05) is 13.0 Å². The van der Waals surface area contributed by atoms with E-state index in [9.17, 15) is 19.4 Å². The fraction of sp³-hybridized carbons (Fsp3) is 0.857. The summed E-state index contributed by atoms with van der Waals surface area (Å²) in [4.78, 5) is 20.0. The van der Waals surface area contributed by atoms with Gasteiger partial charge in [-0.15, -0.1) is 0 Å². The molecule has 17 heavy (non-hydrogen) atoms. The van der Waals surface area contributed by atoms with Crippen molar-refractivity contribution in [3.8, 4) is 0 Å². The van der Waals surface area contributed by atoms with Crippen molar-refractivity contribution in [2.75, 3.05) is 19.7 Å². The first-order valence-electron chi connectivity index (χ1n) is 4.90. The Morgan fingerprint density at radius 2 is 2.24 bits per heavy atom. The number of aliphatic hydroxyl groups is 1. The molecule has 1 aliphatic heterocycles. The van der Waals surface area contributed by atoms with E-state index in [-0.39, 0.29) is 26.1 Å². The van der Waals surface area contributed by atoms with Crippen LogP contribution in [0.4, 0.5) is 0 Å². The van der Waals surface area contributed by atoms with Gasteiger partial charge in [0.2, 0.25) is 0 Å². The minimum atomic E-state index is -4.39. The van der Waals surface area contributed by atoms with Crippen molar-refractivity contribution < 1.29 is 33.6 Å². The Morgan fingerprint density at radius 1 is 1.59 bits per heavy atom. The second-order valence-electron chi connectivity index (χ2n) is 3.52. The Balaban J connectivity index is 2.60. The lowest BCUT2D eigenvalue weighted by Crippen LogP contribution is -2.35. The van der Waals surface area contributed by atoms with Gasteiger partial charge in [0.25, 0.3) is 0 Å². The van der Waals surface area contributed by atoms with Crippen LogP contribution in [0.15, 0.2) is 0 Å². The SMILES string of the molecule is NCCOP(=O)(O)ON1C[C@H](O)C[C@H]1C(=O)O. The third kappa shape index (κ3) is 4.32. The highest BCUT2D eigenvalue weighted by atomic mass is 31.2. The van der Waals surface area contributed by atoms with Crippen molar-refractivity contribution in [2.45, 2.75) is 18.6 Å². The lowest BCUT2D eigenvalue weighted by molar-refractivity contribution is -0.158. The van der Waals surface area contributed by atoms with Crippen LogP contribution >= 0.6 is 7.82 Å². The Labute approximate surface area is 97.3 Å². The smallest absolute Gasteiger partial charge is 0.480 e. The number of hydrogen-bond acceptors (Lipinski definition) is 7. The normalized spacial score (nSPS) is 29.1. The van der Waals surface area contributed by atoms with E-state index in [2.05, 4.69) is 9.15 Å². The van der Waals surface area contributed by atoms with Crippen LogP contribution in [0, 0.1) is 0 Å². The highest BCUT2D eigenvalue weighted by Gasteiger charge is 2.41. The Hall–Kier alpha value is -0.540. The molecule has 1 fully saturated rings. The van der Waals surface area contributed by atoms with E-state index < -0.39 is 25.9 Å². The number of β-amino-alcohol motifs (C(OH)–C–C–N with tert-alkyl or cyclic N) is 1. The molecule has 0 radical (unpaired) electrons. The maximum Gasteiger partial charge on any atom is 0.489 e. The molecule has 1 unspecified atom stereocenters. The fourth-order valence-corrected chi connectivity index (χ4v) is 2.25. The summed E-state index contributed by atoms with van der Waals surface area (Å²) in [5.74, 6) is -1.25. The number of aliphatic carboxylic acids is 1. The van der Waals surface area contributed by atoms with Gasteiger partial charge in [-0.1, -0.05) is 0 Å². The van der Waals surface area contributed by atoms with Gasteiger partial charge < -0.3 is 20.8 Å². The van der Waals surface area contributed by atoms with Crippen LogP contribution in [0.25, 0.3) is 0 Å². The topological polar surface area (TPSA) is 143 Å². The standard InChI is InChI=1S/C7H15N2O7P/c8-1-2-15-17(13,14)16-9-4-5(10)3-6(9)7(11)12/h5-6,10H,1-4,8H2,(H,11,12)(H,13,14)/t5-,6+/m1/s1. The minimum Gasteiger partial charge on any atom is -0.480 e. The monoisotopic (exact) mass is 270 g/mol. The van der Waals surface area contributed by atoms with E-state index in [0.29, 0.717) is 0 Å². The average Bonchev–Trinajstić information content (AvgIpc) is 2.56. The number of nitrogens with two attached hydrogens (primary N) is 1. The first-order valence-corrected chi connectivity index (χ1v) is 6.40. The van der Waals surface area contributed by atoms with Gasteiger partial charge in [0.05, 0.1) is 19.3 Å². The first kappa shape index (κ1) is 14.5. The molecule has 1 saturated heterocycles. The summed E-state index contributed by atoms with van der Waals surface area (Å²) in [6.07, 6.45) is -1.00. The number of hydrogen-bond donors (Lipinski definition) is 4. The van der Waals surface area contributed by atoms with E-state index in [1.807, 2.05) is 0 Å². The largest absolute Gasteiger partial charge is 0.489 e. The van der Waals surface area contributed by atoms with Gasteiger partial charge in [-0.05, 0) is 0 Å². The van der Waals surface area contributed by atoms with Crippen molar-refractivity contribution in [2.24, 2.45) is 5.73 Å². The molecule has 0 amide bonds. The third-order valence-electron chi connectivity index (χ3n) is 2.10. The average molecular weight is 270 g/mol. The molecule has 0 saturated carbocycles. The molecule has 5 N–H and O–H groups in total. The molecule has 0 aromatic rings. The van der Waals surface area contributed by atoms with Crippen molar-refractivity contribution in [3.63, 3.8) is 0 Å². The highest BCUT2D eigenvalue weighted by molar-refractivity contribution is 7.47. The molecule has 3 atom stereocenters. The molecule has 0 aromatic carbocycles. The molecule has 1 aliphatic rings. The van der Waals surface area contributed by atoms with Gasteiger partial charge in [-0.2, -0.15) is 9.69 Å². The molecule has 9 nitrogen and oxygen atoms in total. The van der Waals surface area contributed by atoms with Crippen molar-refractivity contribution in [3.05, 3.63) is 0 Å². The quantitative estimate of drug-likeness (QED) is 0.424. The molecule has 100 valence electrons. The van der Waals surface area contributed by atoms with Crippen LogP contribution in [0.1, 0.15) is 6.42 Å². The molecule has 10 heteroatoms. The van der Waals surface area contributed by atoms with Crippen LogP contribution in [0.5, 0.6) is 0 Å².